The van der Waals surface area contributed by atoms with E-state index in [1.807, 2.05) is 51.1 Å². The van der Waals surface area contributed by atoms with E-state index in [0.717, 1.165) is 16.3 Å². The fourth-order valence-corrected chi connectivity index (χ4v) is 6.20. The number of benzene rings is 3. The smallest absolute Gasteiger partial charge is 0.264 e. The maximum atomic E-state index is 14.1. The van der Waals surface area contributed by atoms with Crippen molar-refractivity contribution in [1.29, 1.82) is 0 Å². The van der Waals surface area contributed by atoms with Crippen LogP contribution < -0.4 is 9.62 Å². The first-order valence-electron chi connectivity index (χ1n) is 13.6. The zero-order valence-electron chi connectivity index (χ0n) is 23.5. The highest BCUT2D eigenvalue weighted by Crippen LogP contribution is 2.29. The van der Waals surface area contributed by atoms with Crippen LogP contribution >= 0.6 is 11.6 Å². The summed E-state index contributed by atoms with van der Waals surface area (Å²) in [4.78, 5) is 29.0. The molecule has 0 aliphatic rings. The maximum Gasteiger partial charge on any atom is 0.264 e. The Labute approximate surface area is 243 Å². The highest BCUT2D eigenvalue weighted by molar-refractivity contribution is 7.92. The van der Waals surface area contributed by atoms with E-state index < -0.39 is 28.5 Å². The van der Waals surface area contributed by atoms with E-state index in [9.17, 15) is 18.0 Å². The molecule has 3 aromatic rings. The average Bonchev–Trinajstić information content (AvgIpc) is 2.95. The molecule has 2 atom stereocenters. The van der Waals surface area contributed by atoms with Crippen LogP contribution in [-0.2, 0) is 26.0 Å². The van der Waals surface area contributed by atoms with E-state index in [1.54, 1.807) is 43.3 Å². The summed E-state index contributed by atoms with van der Waals surface area (Å²) in [6, 6.07) is 21.8. The van der Waals surface area contributed by atoms with Gasteiger partial charge in [-0.1, -0.05) is 74.0 Å². The Kier molecular flexibility index (Phi) is 11.2. The number of rotatable bonds is 13. The quantitative estimate of drug-likeness (QED) is 0.283. The number of nitrogens with one attached hydrogen (secondary N) is 1. The fourth-order valence-electron chi connectivity index (χ4n) is 4.47. The number of anilines is 1. The molecule has 0 radical (unpaired) electrons. The lowest BCUT2D eigenvalue weighted by molar-refractivity contribution is -0.139. The normalized spacial score (nSPS) is 12.8. The van der Waals surface area contributed by atoms with Gasteiger partial charge in [0.1, 0.15) is 12.6 Å². The van der Waals surface area contributed by atoms with E-state index in [4.69, 9.17) is 11.6 Å². The van der Waals surface area contributed by atoms with Gasteiger partial charge < -0.3 is 10.2 Å². The molecule has 7 nitrogen and oxygen atoms in total. The van der Waals surface area contributed by atoms with Crippen molar-refractivity contribution >= 4 is 39.1 Å². The maximum absolute atomic E-state index is 14.1. The van der Waals surface area contributed by atoms with Crippen LogP contribution in [0.2, 0.25) is 5.02 Å². The largest absolute Gasteiger partial charge is 0.352 e. The molecule has 2 amide bonds. The molecule has 0 saturated carbocycles. The van der Waals surface area contributed by atoms with Crippen LogP contribution in [0.4, 0.5) is 5.69 Å². The third kappa shape index (κ3) is 7.86. The number of carbonyl (C=O) groups is 2. The van der Waals surface area contributed by atoms with Gasteiger partial charge in [-0.2, -0.15) is 0 Å². The van der Waals surface area contributed by atoms with Crippen LogP contribution in [0.25, 0.3) is 0 Å². The predicted octanol–water partition coefficient (Wildman–Crippen LogP) is 5.61. The molecule has 0 bridgehead atoms. The topological polar surface area (TPSA) is 86.8 Å². The molecule has 0 unspecified atom stereocenters. The van der Waals surface area contributed by atoms with E-state index in [-0.39, 0.29) is 23.4 Å². The van der Waals surface area contributed by atoms with Gasteiger partial charge in [0.2, 0.25) is 11.8 Å². The number of hydrogen-bond donors (Lipinski definition) is 1. The first-order valence-corrected chi connectivity index (χ1v) is 15.4. The van der Waals surface area contributed by atoms with Crippen molar-refractivity contribution < 1.29 is 18.0 Å². The number of hydrogen-bond acceptors (Lipinski definition) is 4. The second-order valence-corrected chi connectivity index (χ2v) is 12.1. The van der Waals surface area contributed by atoms with Gasteiger partial charge in [-0.15, -0.1) is 0 Å². The lowest BCUT2D eigenvalue weighted by atomic mass is 10.1. The molecule has 0 aliphatic carbocycles. The Balaban J connectivity index is 2.03. The van der Waals surface area contributed by atoms with Crippen LogP contribution in [-0.4, -0.2) is 50.3 Å². The number of carbonyl (C=O) groups excluding carboxylic acids is 2. The number of halogens is 1. The van der Waals surface area contributed by atoms with E-state index in [0.29, 0.717) is 29.1 Å². The van der Waals surface area contributed by atoms with Crippen LogP contribution in [0.15, 0.2) is 83.8 Å². The highest BCUT2D eigenvalue weighted by atomic mass is 35.5. The summed E-state index contributed by atoms with van der Waals surface area (Å²) in [7, 11) is -4.12. The van der Waals surface area contributed by atoms with Gasteiger partial charge in [-0.05, 0) is 74.6 Å². The molecule has 3 rings (SSSR count). The predicted molar refractivity (Wildman–Crippen MR) is 161 cm³/mol. The van der Waals surface area contributed by atoms with Gasteiger partial charge in [-0.3, -0.25) is 13.9 Å². The molecule has 0 aromatic heterocycles. The Bertz CT molecular complexity index is 1380. The molecular weight excluding hydrogens is 546 g/mol. The molecule has 3 aromatic carbocycles. The summed E-state index contributed by atoms with van der Waals surface area (Å²) in [6.07, 6.45) is 1.65. The van der Waals surface area contributed by atoms with Gasteiger partial charge in [0.15, 0.2) is 0 Å². The fraction of sp³-hybridized carbons (Fsp3) is 0.355. The molecule has 0 heterocycles. The molecule has 0 spiro atoms. The average molecular weight is 584 g/mol. The zero-order valence-corrected chi connectivity index (χ0v) is 25.1. The lowest BCUT2D eigenvalue weighted by Crippen LogP contribution is -2.54. The standard InChI is InChI=1S/C31H38ClN3O4S/c1-5-24(4)33-31(37)28(6-2)34(20-19-25-13-9-7-10-14-25)30(36)22-35(29-18-17-26(32)21-23(29)3)40(38,39)27-15-11-8-12-16-27/h7-18,21,24,28H,5-6,19-20,22H2,1-4H3,(H,33,37)/t24-,28-/m1/s1. The van der Waals surface area contributed by atoms with Crippen molar-refractivity contribution in [2.45, 2.75) is 63.9 Å². The van der Waals surface area contributed by atoms with Crippen molar-refractivity contribution in [3.63, 3.8) is 0 Å². The van der Waals surface area contributed by atoms with Crippen molar-refractivity contribution in [1.82, 2.24) is 10.2 Å². The van der Waals surface area contributed by atoms with Crippen LogP contribution in [0, 0.1) is 6.92 Å². The highest BCUT2D eigenvalue weighted by Gasteiger charge is 2.34. The second kappa shape index (κ2) is 14.3. The zero-order chi connectivity index (χ0) is 29.3. The van der Waals surface area contributed by atoms with Crippen LogP contribution in [0.1, 0.15) is 44.7 Å². The number of aryl methyl sites for hydroxylation is 1. The molecule has 0 saturated heterocycles. The molecule has 0 aliphatic heterocycles. The minimum atomic E-state index is -4.12. The van der Waals surface area contributed by atoms with Crippen molar-refractivity contribution in [3.05, 3.63) is 95.0 Å². The summed E-state index contributed by atoms with van der Waals surface area (Å²) >= 11 is 6.17. The van der Waals surface area contributed by atoms with Crippen LogP contribution in [0.3, 0.4) is 0 Å². The van der Waals surface area contributed by atoms with Gasteiger partial charge in [0.05, 0.1) is 10.6 Å². The first kappa shape index (κ1) is 31.2. The molecular formula is C31H38ClN3O4S. The molecule has 9 heteroatoms. The Morgan fingerprint density at radius 2 is 1.55 bits per heavy atom. The van der Waals surface area contributed by atoms with Gasteiger partial charge in [-0.25, -0.2) is 8.42 Å². The summed E-state index contributed by atoms with van der Waals surface area (Å²) < 4.78 is 28.9. The van der Waals surface area contributed by atoms with Crippen LogP contribution in [0.5, 0.6) is 0 Å². The molecule has 214 valence electrons. The molecule has 1 N–H and O–H groups in total. The first-order chi connectivity index (χ1) is 19.1. The SMILES string of the molecule is CC[C@@H](C)NC(=O)[C@@H](CC)N(CCc1ccccc1)C(=O)CN(c1ccc(Cl)cc1C)S(=O)(=O)c1ccccc1. The lowest BCUT2D eigenvalue weighted by Gasteiger charge is -2.34. The van der Waals surface area contributed by atoms with Crippen molar-refractivity contribution in [2.24, 2.45) is 0 Å². The Morgan fingerprint density at radius 3 is 2.12 bits per heavy atom. The molecule has 0 fully saturated rings. The van der Waals surface area contributed by atoms with Crippen molar-refractivity contribution in [2.75, 3.05) is 17.4 Å². The summed E-state index contributed by atoms with van der Waals surface area (Å²) in [5, 5.41) is 3.45. The van der Waals surface area contributed by atoms with Crippen molar-refractivity contribution in [3.8, 4) is 0 Å². The third-order valence-electron chi connectivity index (χ3n) is 6.91. The summed E-state index contributed by atoms with van der Waals surface area (Å²) in [6.45, 7) is 7.28. The monoisotopic (exact) mass is 583 g/mol. The second-order valence-electron chi connectivity index (χ2n) is 9.82. The van der Waals surface area contributed by atoms with E-state index in [1.165, 1.54) is 17.0 Å². The minimum Gasteiger partial charge on any atom is -0.352 e. The number of nitrogens with zero attached hydrogens (tertiary/aromatic N) is 2. The van der Waals surface area contributed by atoms with Gasteiger partial charge in [0, 0.05) is 17.6 Å². The Hall–Kier alpha value is -3.36. The number of amides is 2. The van der Waals surface area contributed by atoms with Gasteiger partial charge in [0.25, 0.3) is 10.0 Å². The summed E-state index contributed by atoms with van der Waals surface area (Å²) in [5.74, 6) is -0.714. The summed E-state index contributed by atoms with van der Waals surface area (Å²) in [5.41, 5.74) is 1.97. The third-order valence-corrected chi connectivity index (χ3v) is 8.92. The van der Waals surface area contributed by atoms with Gasteiger partial charge >= 0.3 is 0 Å². The van der Waals surface area contributed by atoms with E-state index in [2.05, 4.69) is 5.32 Å². The Morgan fingerprint density at radius 1 is 0.925 bits per heavy atom. The molecule has 40 heavy (non-hydrogen) atoms. The van der Waals surface area contributed by atoms with E-state index >= 15 is 0 Å². The minimum absolute atomic E-state index is 0.0562. The number of sulfonamides is 1.